The topological polar surface area (TPSA) is 45.2 Å². The van der Waals surface area contributed by atoms with Crippen LogP contribution in [0.15, 0.2) is 164 Å². The van der Waals surface area contributed by atoms with Gasteiger partial charge in [-0.2, -0.15) is 0 Å². The molecule has 0 N–H and O–H groups in total. The molecular formula is C41H29N5. The highest BCUT2D eigenvalue weighted by molar-refractivity contribution is 5.84. The van der Waals surface area contributed by atoms with Crippen LogP contribution in [0.25, 0.3) is 34.2 Å². The van der Waals surface area contributed by atoms with Gasteiger partial charge in [-0.15, -0.1) is 0 Å². The second-order valence-corrected chi connectivity index (χ2v) is 11.7. The van der Waals surface area contributed by atoms with E-state index < -0.39 is 0 Å². The minimum atomic E-state index is 0.131. The molecule has 3 heterocycles. The van der Waals surface area contributed by atoms with Crippen molar-refractivity contribution in [2.75, 3.05) is 9.80 Å². The lowest BCUT2D eigenvalue weighted by molar-refractivity contribution is 0.634. The van der Waals surface area contributed by atoms with E-state index in [4.69, 9.17) is 15.0 Å². The average molecular weight is 592 g/mol. The molecule has 0 bridgehead atoms. The minimum Gasteiger partial charge on any atom is -0.331 e. The Bertz CT molecular complexity index is 2110. The predicted octanol–water partition coefficient (Wildman–Crippen LogP) is 9.96. The van der Waals surface area contributed by atoms with Crippen LogP contribution in [-0.2, 0) is 0 Å². The van der Waals surface area contributed by atoms with Crippen LogP contribution in [0.4, 0.5) is 22.7 Å². The Morgan fingerprint density at radius 3 is 1.13 bits per heavy atom. The second kappa shape index (κ2) is 10.8. The molecule has 1 aromatic heterocycles. The highest BCUT2D eigenvalue weighted by Crippen LogP contribution is 2.62. The van der Waals surface area contributed by atoms with Gasteiger partial charge in [0.25, 0.3) is 0 Å². The number of aromatic nitrogens is 3. The summed E-state index contributed by atoms with van der Waals surface area (Å²) in [6.07, 6.45) is 0. The van der Waals surface area contributed by atoms with E-state index in [-0.39, 0.29) is 12.1 Å². The van der Waals surface area contributed by atoms with Crippen molar-refractivity contribution in [1.82, 2.24) is 15.0 Å². The molecule has 2 aliphatic heterocycles. The zero-order valence-electron chi connectivity index (χ0n) is 25.0. The molecular weight excluding hydrogens is 562 g/mol. The minimum absolute atomic E-state index is 0.131. The maximum absolute atomic E-state index is 4.95. The fourth-order valence-corrected chi connectivity index (χ4v) is 7.01. The first-order valence-electron chi connectivity index (χ1n) is 15.6. The third-order valence-electron chi connectivity index (χ3n) is 9.02. The summed E-state index contributed by atoms with van der Waals surface area (Å²) in [5.41, 5.74) is 10.3. The van der Waals surface area contributed by atoms with Gasteiger partial charge in [0.15, 0.2) is 17.5 Å². The van der Waals surface area contributed by atoms with E-state index in [0.717, 1.165) is 22.4 Å². The van der Waals surface area contributed by atoms with Crippen molar-refractivity contribution in [2.45, 2.75) is 12.1 Å². The molecule has 0 spiro atoms. The first kappa shape index (κ1) is 26.3. The number of benzene rings is 6. The molecule has 0 aliphatic carbocycles. The van der Waals surface area contributed by atoms with Crippen LogP contribution in [-0.4, -0.2) is 15.0 Å². The van der Waals surface area contributed by atoms with Gasteiger partial charge in [-0.1, -0.05) is 115 Å². The van der Waals surface area contributed by atoms with Crippen LogP contribution < -0.4 is 9.80 Å². The summed E-state index contributed by atoms with van der Waals surface area (Å²) >= 11 is 0. The number of nitrogens with zero attached hydrogens (tertiary/aromatic N) is 5. The summed E-state index contributed by atoms with van der Waals surface area (Å²) in [5.74, 6) is 1.97. The Morgan fingerprint density at radius 1 is 0.326 bits per heavy atom. The van der Waals surface area contributed by atoms with E-state index >= 15 is 0 Å². The van der Waals surface area contributed by atoms with Gasteiger partial charge in [-0.25, -0.2) is 15.0 Å². The maximum atomic E-state index is 4.95. The molecule has 0 fully saturated rings. The lowest BCUT2D eigenvalue weighted by atomic mass is 10.0. The van der Waals surface area contributed by atoms with E-state index in [0.29, 0.717) is 17.5 Å². The number of hydrogen-bond acceptors (Lipinski definition) is 5. The van der Waals surface area contributed by atoms with Crippen molar-refractivity contribution >= 4 is 22.7 Å². The van der Waals surface area contributed by atoms with Gasteiger partial charge >= 0.3 is 0 Å². The van der Waals surface area contributed by atoms with Crippen molar-refractivity contribution < 1.29 is 0 Å². The molecule has 2 atom stereocenters. The molecule has 5 nitrogen and oxygen atoms in total. The van der Waals surface area contributed by atoms with E-state index in [1.54, 1.807) is 0 Å². The molecule has 0 radical (unpaired) electrons. The maximum Gasteiger partial charge on any atom is 0.164 e. The Hall–Kier alpha value is -6.07. The third kappa shape index (κ3) is 4.28. The van der Waals surface area contributed by atoms with Crippen LogP contribution in [0, 0.1) is 0 Å². The van der Waals surface area contributed by atoms with Crippen molar-refractivity contribution in [3.63, 3.8) is 0 Å². The largest absolute Gasteiger partial charge is 0.331 e. The number of para-hydroxylation sites is 3. The molecule has 46 heavy (non-hydrogen) atoms. The molecule has 218 valence electrons. The molecule has 5 heteroatoms. The first-order chi connectivity index (χ1) is 22.8. The fraction of sp³-hybridized carbons (Fsp3) is 0.0488. The molecule has 6 aromatic carbocycles. The van der Waals surface area contributed by atoms with Crippen molar-refractivity contribution in [2.24, 2.45) is 0 Å². The molecule has 0 amide bonds. The average Bonchev–Trinajstić information content (AvgIpc) is 3.65. The van der Waals surface area contributed by atoms with Crippen molar-refractivity contribution in [3.8, 4) is 34.2 Å². The Labute approximate surface area is 268 Å². The quantitative estimate of drug-likeness (QED) is 0.199. The summed E-state index contributed by atoms with van der Waals surface area (Å²) in [6.45, 7) is 0. The number of rotatable bonds is 5. The van der Waals surface area contributed by atoms with Crippen LogP contribution in [0.5, 0.6) is 0 Å². The molecule has 9 rings (SSSR count). The highest BCUT2D eigenvalue weighted by Gasteiger charge is 2.49. The Kier molecular flexibility index (Phi) is 6.20. The third-order valence-corrected chi connectivity index (χ3v) is 9.02. The van der Waals surface area contributed by atoms with Gasteiger partial charge in [0.1, 0.15) is 0 Å². The second-order valence-electron chi connectivity index (χ2n) is 11.7. The first-order valence-corrected chi connectivity index (χ1v) is 15.6. The van der Waals surface area contributed by atoms with Gasteiger partial charge < -0.3 is 9.80 Å². The van der Waals surface area contributed by atoms with Crippen LogP contribution in [0.1, 0.15) is 23.2 Å². The highest BCUT2D eigenvalue weighted by atomic mass is 15.3. The summed E-state index contributed by atoms with van der Waals surface area (Å²) in [6, 6.07) is 57.6. The molecule has 2 unspecified atom stereocenters. The standard InChI is InChI=1S/C41H29N5/c1-4-14-28(15-5-1)39-42-40(29-16-6-2-7-17-29)44-41(43-39)30-24-26-32(27-25-30)46-36-23-13-11-21-34(36)37-38(46)33-20-10-12-22-35(33)45(37)31-18-8-3-9-19-31/h1-27,37-38H. The number of fused-ring (bicyclic) bond motifs is 5. The number of hydrogen-bond donors (Lipinski definition) is 0. The summed E-state index contributed by atoms with van der Waals surface area (Å²) in [7, 11) is 0. The van der Waals surface area contributed by atoms with Crippen molar-refractivity contribution in [1.29, 1.82) is 0 Å². The van der Waals surface area contributed by atoms with Crippen LogP contribution in [0.3, 0.4) is 0 Å². The molecule has 7 aromatic rings. The lowest BCUT2D eigenvalue weighted by Crippen LogP contribution is -2.24. The van der Waals surface area contributed by atoms with Gasteiger partial charge in [0.2, 0.25) is 0 Å². The summed E-state index contributed by atoms with van der Waals surface area (Å²) in [4.78, 5) is 19.8. The molecule has 0 saturated carbocycles. The van der Waals surface area contributed by atoms with E-state index in [2.05, 4.69) is 113 Å². The summed E-state index contributed by atoms with van der Waals surface area (Å²) < 4.78 is 0. The SMILES string of the molecule is c1ccc(-c2nc(-c3ccccc3)nc(-c3ccc(N4c5ccccc5C5C4c4ccccc4N5c4ccccc4)cc3)n2)cc1. The normalized spacial score (nSPS) is 16.2. The van der Waals surface area contributed by atoms with Gasteiger partial charge in [-0.3, -0.25) is 0 Å². The Morgan fingerprint density at radius 2 is 0.674 bits per heavy atom. The van der Waals surface area contributed by atoms with E-state index in [1.165, 1.54) is 28.2 Å². The smallest absolute Gasteiger partial charge is 0.164 e. The zero-order chi connectivity index (χ0) is 30.5. The van der Waals surface area contributed by atoms with Crippen LogP contribution in [0.2, 0.25) is 0 Å². The van der Waals surface area contributed by atoms with Gasteiger partial charge in [0, 0.05) is 50.6 Å². The zero-order valence-corrected chi connectivity index (χ0v) is 25.0. The van der Waals surface area contributed by atoms with Gasteiger partial charge in [-0.05, 0) is 48.5 Å². The summed E-state index contributed by atoms with van der Waals surface area (Å²) in [5, 5.41) is 0. The molecule has 0 saturated heterocycles. The number of anilines is 4. The monoisotopic (exact) mass is 591 g/mol. The van der Waals surface area contributed by atoms with Crippen molar-refractivity contribution in [3.05, 3.63) is 175 Å². The van der Waals surface area contributed by atoms with Crippen LogP contribution >= 0.6 is 0 Å². The lowest BCUT2D eigenvalue weighted by Gasteiger charge is -2.29. The fourth-order valence-electron chi connectivity index (χ4n) is 7.01. The predicted molar refractivity (Wildman–Crippen MR) is 185 cm³/mol. The Balaban J connectivity index is 1.15. The van der Waals surface area contributed by atoms with E-state index in [1.807, 2.05) is 60.7 Å². The van der Waals surface area contributed by atoms with Gasteiger partial charge in [0.05, 0.1) is 12.1 Å². The molecule has 2 aliphatic rings. The van der Waals surface area contributed by atoms with E-state index in [9.17, 15) is 0 Å².